The Morgan fingerprint density at radius 3 is 2.31 bits per heavy atom. The molecule has 1 rings (SSSR count). The summed E-state index contributed by atoms with van der Waals surface area (Å²) in [5, 5.41) is 18.0. The van der Waals surface area contributed by atoms with Gasteiger partial charge in [-0.05, 0) is 18.6 Å². The van der Waals surface area contributed by atoms with Gasteiger partial charge >= 0.3 is 0 Å². The number of aliphatic hydroxyl groups is 2. The molecular formula is C12H20N2O2. The van der Waals surface area contributed by atoms with E-state index in [0.717, 1.165) is 16.8 Å². The van der Waals surface area contributed by atoms with E-state index in [0.29, 0.717) is 19.6 Å². The van der Waals surface area contributed by atoms with Crippen LogP contribution in [-0.4, -0.2) is 36.5 Å². The van der Waals surface area contributed by atoms with Crippen LogP contribution in [0.3, 0.4) is 0 Å². The lowest BCUT2D eigenvalue weighted by atomic mass is 10.1. The van der Waals surface area contributed by atoms with Crippen molar-refractivity contribution in [3.8, 4) is 0 Å². The largest absolute Gasteiger partial charge is 0.395 e. The number of rotatable bonds is 6. The average molecular weight is 224 g/mol. The SMILES string of the molecule is Cc1ccc(N(CCO)CCO)c(CN)c1. The van der Waals surface area contributed by atoms with Crippen LogP contribution in [0.25, 0.3) is 0 Å². The summed E-state index contributed by atoms with van der Waals surface area (Å²) in [6.45, 7) is 3.64. The van der Waals surface area contributed by atoms with Crippen molar-refractivity contribution in [2.75, 3.05) is 31.2 Å². The number of aryl methyl sites for hydroxylation is 1. The first kappa shape index (κ1) is 13.0. The van der Waals surface area contributed by atoms with Gasteiger partial charge in [0.25, 0.3) is 0 Å². The fourth-order valence-electron chi connectivity index (χ4n) is 1.78. The van der Waals surface area contributed by atoms with E-state index in [9.17, 15) is 0 Å². The van der Waals surface area contributed by atoms with Crippen molar-refractivity contribution in [2.24, 2.45) is 5.73 Å². The number of aliphatic hydroxyl groups excluding tert-OH is 2. The van der Waals surface area contributed by atoms with Crippen LogP contribution in [-0.2, 0) is 6.54 Å². The van der Waals surface area contributed by atoms with E-state index in [-0.39, 0.29) is 13.2 Å². The van der Waals surface area contributed by atoms with E-state index < -0.39 is 0 Å². The Balaban J connectivity index is 2.97. The van der Waals surface area contributed by atoms with E-state index in [1.165, 1.54) is 0 Å². The maximum atomic E-state index is 8.99. The molecule has 16 heavy (non-hydrogen) atoms. The van der Waals surface area contributed by atoms with Crippen LogP contribution in [0.15, 0.2) is 18.2 Å². The second kappa shape index (κ2) is 6.48. The van der Waals surface area contributed by atoms with Gasteiger partial charge in [0.15, 0.2) is 0 Å². The fraction of sp³-hybridized carbons (Fsp3) is 0.500. The summed E-state index contributed by atoms with van der Waals surface area (Å²) in [5.74, 6) is 0. The van der Waals surface area contributed by atoms with Gasteiger partial charge in [0, 0.05) is 25.3 Å². The van der Waals surface area contributed by atoms with Crippen LogP contribution >= 0.6 is 0 Å². The Labute approximate surface area is 96.3 Å². The minimum absolute atomic E-state index is 0.0673. The summed E-state index contributed by atoms with van der Waals surface area (Å²) in [7, 11) is 0. The quantitative estimate of drug-likeness (QED) is 0.647. The Bertz CT molecular complexity index is 323. The summed E-state index contributed by atoms with van der Waals surface area (Å²) in [5.41, 5.74) is 8.90. The van der Waals surface area contributed by atoms with Crippen LogP contribution in [0, 0.1) is 6.92 Å². The maximum absolute atomic E-state index is 8.99. The molecule has 90 valence electrons. The minimum atomic E-state index is 0.0673. The molecule has 0 amide bonds. The Morgan fingerprint density at radius 2 is 1.81 bits per heavy atom. The van der Waals surface area contributed by atoms with Gasteiger partial charge in [-0.25, -0.2) is 0 Å². The van der Waals surface area contributed by atoms with E-state index >= 15 is 0 Å². The van der Waals surface area contributed by atoms with Crippen LogP contribution in [0.4, 0.5) is 5.69 Å². The molecule has 0 radical (unpaired) electrons. The number of nitrogens with two attached hydrogens (primary N) is 1. The number of anilines is 1. The van der Waals surface area contributed by atoms with Crippen LogP contribution in [0.5, 0.6) is 0 Å². The highest BCUT2D eigenvalue weighted by Crippen LogP contribution is 2.21. The molecule has 0 spiro atoms. The van der Waals surface area contributed by atoms with Crippen molar-refractivity contribution >= 4 is 5.69 Å². The van der Waals surface area contributed by atoms with Crippen molar-refractivity contribution in [1.82, 2.24) is 0 Å². The zero-order valence-corrected chi connectivity index (χ0v) is 9.69. The Morgan fingerprint density at radius 1 is 1.19 bits per heavy atom. The zero-order chi connectivity index (χ0) is 12.0. The maximum Gasteiger partial charge on any atom is 0.0606 e. The van der Waals surface area contributed by atoms with Gasteiger partial charge in [0.2, 0.25) is 0 Å². The molecule has 4 heteroatoms. The van der Waals surface area contributed by atoms with Gasteiger partial charge in [-0.1, -0.05) is 17.7 Å². The molecule has 0 atom stereocenters. The van der Waals surface area contributed by atoms with Crippen molar-refractivity contribution in [3.63, 3.8) is 0 Å². The molecule has 0 unspecified atom stereocenters. The standard InChI is InChI=1S/C12H20N2O2/c1-10-2-3-12(11(8-10)9-13)14(4-6-15)5-7-16/h2-3,8,15-16H,4-7,9,13H2,1H3. The van der Waals surface area contributed by atoms with Crippen LogP contribution in [0.2, 0.25) is 0 Å². The van der Waals surface area contributed by atoms with E-state index in [1.807, 2.05) is 30.0 Å². The first-order valence-corrected chi connectivity index (χ1v) is 5.49. The summed E-state index contributed by atoms with van der Waals surface area (Å²) in [6, 6.07) is 6.04. The molecule has 4 nitrogen and oxygen atoms in total. The average Bonchev–Trinajstić information content (AvgIpc) is 2.28. The summed E-state index contributed by atoms with van der Waals surface area (Å²) < 4.78 is 0. The van der Waals surface area contributed by atoms with Crippen molar-refractivity contribution < 1.29 is 10.2 Å². The van der Waals surface area contributed by atoms with E-state index in [2.05, 4.69) is 0 Å². The molecule has 0 aliphatic rings. The third-order valence-electron chi connectivity index (χ3n) is 2.54. The summed E-state index contributed by atoms with van der Waals surface area (Å²) in [4.78, 5) is 1.95. The third kappa shape index (κ3) is 3.20. The molecule has 1 aromatic rings. The van der Waals surface area contributed by atoms with Gasteiger partial charge in [-0.2, -0.15) is 0 Å². The lowest BCUT2D eigenvalue weighted by Gasteiger charge is -2.25. The van der Waals surface area contributed by atoms with Gasteiger partial charge in [0.05, 0.1) is 13.2 Å². The highest BCUT2D eigenvalue weighted by atomic mass is 16.3. The molecule has 0 saturated carbocycles. The number of benzene rings is 1. The molecule has 0 heterocycles. The second-order valence-electron chi connectivity index (χ2n) is 3.77. The van der Waals surface area contributed by atoms with E-state index in [1.54, 1.807) is 0 Å². The zero-order valence-electron chi connectivity index (χ0n) is 9.69. The lowest BCUT2D eigenvalue weighted by molar-refractivity contribution is 0.281. The van der Waals surface area contributed by atoms with Crippen molar-refractivity contribution in [1.29, 1.82) is 0 Å². The fourth-order valence-corrected chi connectivity index (χ4v) is 1.78. The molecule has 4 N–H and O–H groups in total. The predicted molar refractivity (Wildman–Crippen MR) is 65.5 cm³/mol. The van der Waals surface area contributed by atoms with Crippen molar-refractivity contribution in [3.05, 3.63) is 29.3 Å². The molecule has 0 fully saturated rings. The molecular weight excluding hydrogens is 204 g/mol. The number of hydrogen-bond donors (Lipinski definition) is 3. The Kier molecular flexibility index (Phi) is 5.25. The van der Waals surface area contributed by atoms with E-state index in [4.69, 9.17) is 15.9 Å². The molecule has 0 aliphatic heterocycles. The van der Waals surface area contributed by atoms with Gasteiger partial charge in [-0.15, -0.1) is 0 Å². The van der Waals surface area contributed by atoms with Gasteiger partial charge in [0.1, 0.15) is 0 Å². The third-order valence-corrected chi connectivity index (χ3v) is 2.54. The molecule has 0 aromatic heterocycles. The predicted octanol–water partition coefficient (Wildman–Crippen LogP) is 0.245. The van der Waals surface area contributed by atoms with Gasteiger partial charge < -0.3 is 20.8 Å². The monoisotopic (exact) mass is 224 g/mol. The summed E-state index contributed by atoms with van der Waals surface area (Å²) in [6.07, 6.45) is 0. The summed E-state index contributed by atoms with van der Waals surface area (Å²) >= 11 is 0. The lowest BCUT2D eigenvalue weighted by Crippen LogP contribution is -2.30. The highest BCUT2D eigenvalue weighted by molar-refractivity contribution is 5.55. The number of nitrogens with zero attached hydrogens (tertiary/aromatic N) is 1. The topological polar surface area (TPSA) is 69.7 Å². The number of hydrogen-bond acceptors (Lipinski definition) is 4. The molecule has 0 saturated heterocycles. The molecule has 0 aliphatic carbocycles. The van der Waals surface area contributed by atoms with Gasteiger partial charge in [-0.3, -0.25) is 0 Å². The smallest absolute Gasteiger partial charge is 0.0606 e. The molecule has 1 aromatic carbocycles. The van der Waals surface area contributed by atoms with Crippen LogP contribution < -0.4 is 10.6 Å². The second-order valence-corrected chi connectivity index (χ2v) is 3.77. The first-order valence-electron chi connectivity index (χ1n) is 5.49. The van der Waals surface area contributed by atoms with Crippen LogP contribution in [0.1, 0.15) is 11.1 Å². The van der Waals surface area contributed by atoms with Crippen molar-refractivity contribution in [2.45, 2.75) is 13.5 Å². The normalized spacial score (nSPS) is 10.5. The first-order chi connectivity index (χ1) is 7.72. The minimum Gasteiger partial charge on any atom is -0.395 e. The highest BCUT2D eigenvalue weighted by Gasteiger charge is 2.09. The molecule has 0 bridgehead atoms. The Hall–Kier alpha value is -1.10.